The molecule has 124 valence electrons. The molecular weight excluding hydrogens is 288 g/mol. The Balaban J connectivity index is 2.17. The van der Waals surface area contributed by atoms with Gasteiger partial charge in [0.1, 0.15) is 0 Å². The lowest BCUT2D eigenvalue weighted by molar-refractivity contribution is -0.144. The van der Waals surface area contributed by atoms with Crippen LogP contribution in [0.25, 0.3) is 0 Å². The van der Waals surface area contributed by atoms with Gasteiger partial charge in [-0.1, -0.05) is 29.8 Å². The third-order valence-corrected chi connectivity index (χ3v) is 4.00. The van der Waals surface area contributed by atoms with Crippen molar-refractivity contribution < 1.29 is 9.59 Å². The van der Waals surface area contributed by atoms with E-state index in [2.05, 4.69) is 17.6 Å². The Morgan fingerprint density at radius 2 is 1.96 bits per heavy atom. The number of benzene rings is 1. The summed E-state index contributed by atoms with van der Waals surface area (Å²) in [5.41, 5.74) is 3.93. The Morgan fingerprint density at radius 3 is 2.52 bits per heavy atom. The Morgan fingerprint density at radius 1 is 1.22 bits per heavy atom. The van der Waals surface area contributed by atoms with Crippen molar-refractivity contribution in [1.82, 2.24) is 10.4 Å². The molecule has 1 aliphatic carbocycles. The van der Waals surface area contributed by atoms with Crippen LogP contribution in [-0.4, -0.2) is 22.4 Å². The standard InChI is InChI=1S/C19H26N2O2/c1-14-9-8-12-16(13-14)17(22)20-21(19(2,3)4)18(23)15-10-6-5-7-11-15/h5-6,8-9,12-13,15H,7,10-11H2,1-4H3,(H,20,22). The highest BCUT2D eigenvalue weighted by molar-refractivity contribution is 5.95. The second-order valence-corrected chi connectivity index (χ2v) is 7.14. The number of nitrogens with one attached hydrogen (secondary N) is 1. The van der Waals surface area contributed by atoms with Gasteiger partial charge in [-0.25, -0.2) is 5.01 Å². The van der Waals surface area contributed by atoms with Crippen LogP contribution in [0.5, 0.6) is 0 Å². The number of allylic oxidation sites excluding steroid dienone is 2. The number of aryl methyl sites for hydroxylation is 1. The molecule has 1 unspecified atom stereocenters. The smallest absolute Gasteiger partial charge is 0.269 e. The van der Waals surface area contributed by atoms with Gasteiger partial charge in [0.2, 0.25) is 5.91 Å². The summed E-state index contributed by atoms with van der Waals surface area (Å²) < 4.78 is 0. The minimum Gasteiger partial charge on any atom is -0.273 e. The average Bonchev–Trinajstić information content (AvgIpc) is 2.51. The van der Waals surface area contributed by atoms with Crippen LogP contribution in [0.15, 0.2) is 36.4 Å². The summed E-state index contributed by atoms with van der Waals surface area (Å²) in [5.74, 6) is -0.316. The van der Waals surface area contributed by atoms with E-state index >= 15 is 0 Å². The topological polar surface area (TPSA) is 49.4 Å². The molecule has 1 aromatic carbocycles. The van der Waals surface area contributed by atoms with Gasteiger partial charge < -0.3 is 0 Å². The van der Waals surface area contributed by atoms with Gasteiger partial charge in [-0.05, 0) is 59.1 Å². The summed E-state index contributed by atoms with van der Waals surface area (Å²) in [7, 11) is 0. The third-order valence-electron chi connectivity index (χ3n) is 4.00. The number of hydrazine groups is 1. The van der Waals surface area contributed by atoms with Crippen LogP contribution in [0.4, 0.5) is 0 Å². The average molecular weight is 314 g/mol. The van der Waals surface area contributed by atoms with Crippen molar-refractivity contribution in [3.8, 4) is 0 Å². The van der Waals surface area contributed by atoms with E-state index in [9.17, 15) is 9.59 Å². The fourth-order valence-corrected chi connectivity index (χ4v) is 2.71. The SMILES string of the molecule is Cc1cccc(C(=O)NN(C(=O)C2CC=CCC2)C(C)(C)C)c1. The zero-order chi connectivity index (χ0) is 17.0. The Hall–Kier alpha value is -2.10. The molecule has 4 heteroatoms. The molecule has 4 nitrogen and oxygen atoms in total. The van der Waals surface area contributed by atoms with E-state index in [0.29, 0.717) is 5.56 Å². The second kappa shape index (κ2) is 6.99. The van der Waals surface area contributed by atoms with Crippen LogP contribution in [0.3, 0.4) is 0 Å². The van der Waals surface area contributed by atoms with E-state index in [4.69, 9.17) is 0 Å². The highest BCUT2D eigenvalue weighted by atomic mass is 16.2. The number of rotatable bonds is 2. The maximum Gasteiger partial charge on any atom is 0.269 e. The molecule has 0 spiro atoms. The molecule has 0 saturated carbocycles. The molecule has 2 amide bonds. The molecule has 0 fully saturated rings. The molecule has 0 aromatic heterocycles. The van der Waals surface area contributed by atoms with Gasteiger partial charge in [-0.3, -0.25) is 15.0 Å². The first-order chi connectivity index (χ1) is 10.8. The molecular formula is C19H26N2O2. The predicted molar refractivity (Wildman–Crippen MR) is 91.7 cm³/mol. The zero-order valence-electron chi connectivity index (χ0n) is 14.4. The summed E-state index contributed by atoms with van der Waals surface area (Å²) >= 11 is 0. The third kappa shape index (κ3) is 4.44. The molecule has 23 heavy (non-hydrogen) atoms. The fourth-order valence-electron chi connectivity index (χ4n) is 2.71. The van der Waals surface area contributed by atoms with Crippen molar-refractivity contribution in [3.05, 3.63) is 47.5 Å². The number of hydrogen-bond donors (Lipinski definition) is 1. The molecule has 0 bridgehead atoms. The van der Waals surface area contributed by atoms with Crippen molar-refractivity contribution in [2.75, 3.05) is 0 Å². The van der Waals surface area contributed by atoms with Gasteiger partial charge >= 0.3 is 0 Å². The van der Waals surface area contributed by atoms with E-state index < -0.39 is 5.54 Å². The quantitative estimate of drug-likeness (QED) is 0.669. The van der Waals surface area contributed by atoms with Gasteiger partial charge in [0.15, 0.2) is 0 Å². The van der Waals surface area contributed by atoms with Crippen LogP contribution in [0.1, 0.15) is 56.0 Å². The first kappa shape index (κ1) is 17.3. The summed E-state index contributed by atoms with van der Waals surface area (Å²) in [6.07, 6.45) is 6.65. The van der Waals surface area contributed by atoms with Crippen LogP contribution in [0, 0.1) is 12.8 Å². The van der Waals surface area contributed by atoms with Crippen molar-refractivity contribution in [2.45, 2.75) is 52.5 Å². The molecule has 0 radical (unpaired) electrons. The Labute approximate surface area is 138 Å². The summed E-state index contributed by atoms with van der Waals surface area (Å²) in [6.45, 7) is 7.73. The fraction of sp³-hybridized carbons (Fsp3) is 0.474. The molecule has 1 atom stereocenters. The highest BCUT2D eigenvalue weighted by Gasteiger charge is 2.33. The maximum atomic E-state index is 12.9. The van der Waals surface area contributed by atoms with E-state index in [0.717, 1.165) is 24.8 Å². The van der Waals surface area contributed by atoms with Crippen molar-refractivity contribution in [1.29, 1.82) is 0 Å². The van der Waals surface area contributed by atoms with E-state index in [1.807, 2.05) is 45.9 Å². The molecule has 0 saturated heterocycles. The van der Waals surface area contributed by atoms with E-state index in [1.165, 1.54) is 5.01 Å². The number of carbonyl (C=O) groups excluding carboxylic acids is 2. The van der Waals surface area contributed by atoms with Crippen LogP contribution in [-0.2, 0) is 4.79 Å². The number of amides is 2. The Kier molecular flexibility index (Phi) is 5.24. The molecule has 2 rings (SSSR count). The van der Waals surface area contributed by atoms with Crippen molar-refractivity contribution in [3.63, 3.8) is 0 Å². The van der Waals surface area contributed by atoms with Gasteiger partial charge in [0.05, 0.1) is 5.54 Å². The second-order valence-electron chi connectivity index (χ2n) is 7.14. The molecule has 0 heterocycles. The molecule has 1 aromatic rings. The van der Waals surface area contributed by atoms with Crippen LogP contribution < -0.4 is 5.43 Å². The van der Waals surface area contributed by atoms with Crippen LogP contribution in [0.2, 0.25) is 0 Å². The van der Waals surface area contributed by atoms with Gasteiger partial charge in [0.25, 0.3) is 5.91 Å². The first-order valence-electron chi connectivity index (χ1n) is 8.16. The maximum absolute atomic E-state index is 12.9. The number of hydrogen-bond acceptors (Lipinski definition) is 2. The summed E-state index contributed by atoms with van der Waals surface area (Å²) in [5, 5.41) is 1.50. The predicted octanol–water partition coefficient (Wildman–Crippen LogP) is 3.62. The van der Waals surface area contributed by atoms with E-state index in [-0.39, 0.29) is 17.7 Å². The minimum atomic E-state index is -0.474. The summed E-state index contributed by atoms with van der Waals surface area (Å²) in [4.78, 5) is 25.4. The zero-order valence-corrected chi connectivity index (χ0v) is 14.4. The highest BCUT2D eigenvalue weighted by Crippen LogP contribution is 2.23. The number of nitrogens with zero attached hydrogens (tertiary/aromatic N) is 1. The van der Waals surface area contributed by atoms with Crippen molar-refractivity contribution in [2.24, 2.45) is 5.92 Å². The monoisotopic (exact) mass is 314 g/mol. The van der Waals surface area contributed by atoms with E-state index in [1.54, 1.807) is 6.07 Å². The summed E-state index contributed by atoms with van der Waals surface area (Å²) in [6, 6.07) is 7.37. The van der Waals surface area contributed by atoms with Gasteiger partial charge in [0, 0.05) is 11.5 Å². The first-order valence-corrected chi connectivity index (χ1v) is 8.16. The minimum absolute atomic E-state index is 0.0112. The van der Waals surface area contributed by atoms with Gasteiger partial charge in [-0.2, -0.15) is 0 Å². The van der Waals surface area contributed by atoms with Crippen LogP contribution >= 0.6 is 0 Å². The lowest BCUT2D eigenvalue weighted by Gasteiger charge is -2.38. The number of carbonyl (C=O) groups is 2. The normalized spacial score (nSPS) is 17.7. The largest absolute Gasteiger partial charge is 0.273 e. The van der Waals surface area contributed by atoms with Gasteiger partial charge in [-0.15, -0.1) is 0 Å². The van der Waals surface area contributed by atoms with Crippen molar-refractivity contribution >= 4 is 11.8 Å². The Bertz CT molecular complexity index is 614. The lowest BCUT2D eigenvalue weighted by Crippen LogP contribution is -2.57. The molecule has 0 aliphatic heterocycles. The lowest BCUT2D eigenvalue weighted by atomic mass is 9.92. The molecule has 1 aliphatic rings. The molecule has 1 N–H and O–H groups in total.